The highest BCUT2D eigenvalue weighted by Crippen LogP contribution is 2.00. The topological polar surface area (TPSA) is 66.6 Å². The third-order valence-electron chi connectivity index (χ3n) is 2.12. The quantitative estimate of drug-likeness (QED) is 0.718. The van der Waals surface area contributed by atoms with E-state index in [1.807, 2.05) is 6.92 Å². The number of hydrogen-bond donors (Lipinski definition) is 2. The fourth-order valence-corrected chi connectivity index (χ4v) is 1.05. The number of hydrogen-bond acceptors (Lipinski definition) is 3. The maximum Gasteiger partial charge on any atom is 0.222 e. The highest BCUT2D eigenvalue weighted by atomic mass is 35.5. The van der Waals surface area contributed by atoms with Crippen LogP contribution in [0.3, 0.4) is 0 Å². The fraction of sp³-hybridized carbons (Fsp3) is 0.900. The molecule has 4 nitrogen and oxygen atoms in total. The van der Waals surface area contributed by atoms with Gasteiger partial charge in [-0.3, -0.25) is 4.79 Å². The minimum atomic E-state index is -0.348. The van der Waals surface area contributed by atoms with E-state index in [9.17, 15) is 4.79 Å². The molecule has 15 heavy (non-hydrogen) atoms. The van der Waals surface area contributed by atoms with Gasteiger partial charge in [-0.05, 0) is 26.7 Å². The second-order valence-corrected chi connectivity index (χ2v) is 3.97. The van der Waals surface area contributed by atoms with E-state index in [-0.39, 0.29) is 30.5 Å². The highest BCUT2D eigenvalue weighted by molar-refractivity contribution is 5.85. The van der Waals surface area contributed by atoms with Gasteiger partial charge >= 0.3 is 0 Å². The van der Waals surface area contributed by atoms with E-state index < -0.39 is 0 Å². The second kappa shape index (κ2) is 8.95. The van der Waals surface area contributed by atoms with Gasteiger partial charge in [0, 0.05) is 26.1 Å². The molecule has 1 amide bonds. The van der Waals surface area contributed by atoms with Gasteiger partial charge in [0.2, 0.25) is 5.91 Å². The average molecular weight is 239 g/mol. The lowest BCUT2D eigenvalue weighted by Gasteiger charge is -2.18. The van der Waals surface area contributed by atoms with Crippen molar-refractivity contribution in [1.29, 1.82) is 0 Å². The molecule has 0 saturated carbocycles. The number of carbonyl (C=O) groups is 1. The number of nitrogens with two attached hydrogens (primary N) is 1. The Morgan fingerprint density at radius 2 is 1.93 bits per heavy atom. The van der Waals surface area contributed by atoms with Crippen LogP contribution < -0.4 is 5.73 Å². The smallest absolute Gasteiger partial charge is 0.222 e. The lowest BCUT2D eigenvalue weighted by molar-refractivity contribution is -0.130. The fourth-order valence-electron chi connectivity index (χ4n) is 1.05. The molecule has 0 radical (unpaired) electrons. The molecule has 0 aromatic carbocycles. The number of amides is 1. The summed E-state index contributed by atoms with van der Waals surface area (Å²) in [4.78, 5) is 13.1. The minimum Gasteiger partial charge on any atom is -0.393 e. The van der Waals surface area contributed by atoms with Crippen molar-refractivity contribution in [2.24, 2.45) is 5.73 Å². The van der Waals surface area contributed by atoms with E-state index in [1.165, 1.54) is 0 Å². The van der Waals surface area contributed by atoms with Gasteiger partial charge in [0.05, 0.1) is 6.10 Å². The Morgan fingerprint density at radius 1 is 1.40 bits per heavy atom. The molecule has 0 aliphatic carbocycles. The molecule has 0 aromatic rings. The SMILES string of the molecule is CC(N)CCC(=O)N(C)CCC(C)O.Cl. The monoisotopic (exact) mass is 238 g/mol. The van der Waals surface area contributed by atoms with Crippen molar-refractivity contribution in [1.82, 2.24) is 4.90 Å². The number of aliphatic hydroxyl groups is 1. The summed E-state index contributed by atoms with van der Waals surface area (Å²) in [5.74, 6) is 0.1000. The van der Waals surface area contributed by atoms with Crippen LogP contribution in [0.15, 0.2) is 0 Å². The maximum absolute atomic E-state index is 11.4. The Bertz CT molecular complexity index is 175. The highest BCUT2D eigenvalue weighted by Gasteiger charge is 2.09. The molecule has 0 spiro atoms. The first-order valence-corrected chi connectivity index (χ1v) is 5.11. The molecule has 0 bridgehead atoms. The van der Waals surface area contributed by atoms with Gasteiger partial charge in [-0.25, -0.2) is 0 Å². The first-order chi connectivity index (χ1) is 6.43. The van der Waals surface area contributed by atoms with Crippen molar-refractivity contribution in [3.63, 3.8) is 0 Å². The summed E-state index contributed by atoms with van der Waals surface area (Å²) in [7, 11) is 1.76. The van der Waals surface area contributed by atoms with Crippen LogP contribution >= 0.6 is 12.4 Å². The number of nitrogens with zero attached hydrogens (tertiary/aromatic N) is 1. The normalized spacial score (nSPS) is 13.9. The number of halogens is 1. The summed E-state index contributed by atoms with van der Waals surface area (Å²) in [6.07, 6.45) is 1.49. The van der Waals surface area contributed by atoms with Crippen LogP contribution in [0, 0.1) is 0 Å². The first kappa shape index (κ1) is 17.1. The molecule has 0 saturated heterocycles. The van der Waals surface area contributed by atoms with Gasteiger partial charge in [0.15, 0.2) is 0 Å². The summed E-state index contributed by atoms with van der Waals surface area (Å²) in [6, 6.07) is 0.0733. The molecule has 5 heteroatoms. The van der Waals surface area contributed by atoms with Gasteiger partial charge in [-0.15, -0.1) is 12.4 Å². The van der Waals surface area contributed by atoms with Crippen molar-refractivity contribution >= 4 is 18.3 Å². The number of aliphatic hydroxyl groups excluding tert-OH is 1. The van der Waals surface area contributed by atoms with Crippen LogP contribution in [0.1, 0.15) is 33.1 Å². The molecule has 3 N–H and O–H groups in total. The summed E-state index contributed by atoms with van der Waals surface area (Å²) in [5, 5.41) is 9.04. The van der Waals surface area contributed by atoms with Crippen molar-refractivity contribution in [3.05, 3.63) is 0 Å². The van der Waals surface area contributed by atoms with Crippen molar-refractivity contribution < 1.29 is 9.90 Å². The number of carbonyl (C=O) groups excluding carboxylic acids is 1. The van der Waals surface area contributed by atoms with Crippen molar-refractivity contribution in [3.8, 4) is 0 Å². The molecular formula is C10H23ClN2O2. The van der Waals surface area contributed by atoms with E-state index in [1.54, 1.807) is 18.9 Å². The van der Waals surface area contributed by atoms with Crippen LogP contribution in [0.4, 0.5) is 0 Å². The number of rotatable bonds is 6. The van der Waals surface area contributed by atoms with E-state index >= 15 is 0 Å². The zero-order valence-corrected chi connectivity index (χ0v) is 10.6. The zero-order valence-electron chi connectivity index (χ0n) is 9.77. The average Bonchev–Trinajstić information content (AvgIpc) is 2.09. The van der Waals surface area contributed by atoms with E-state index in [4.69, 9.17) is 10.8 Å². The van der Waals surface area contributed by atoms with Gasteiger partial charge < -0.3 is 15.7 Å². The van der Waals surface area contributed by atoms with Crippen LogP contribution in [0.25, 0.3) is 0 Å². The Kier molecular flexibility index (Phi) is 10.2. The van der Waals surface area contributed by atoms with Crippen molar-refractivity contribution in [2.75, 3.05) is 13.6 Å². The Labute approximate surface area is 98.2 Å². The minimum absolute atomic E-state index is 0. The molecule has 92 valence electrons. The molecule has 0 aliphatic rings. The van der Waals surface area contributed by atoms with Gasteiger partial charge in [0.25, 0.3) is 0 Å². The Hall–Kier alpha value is -0.320. The maximum atomic E-state index is 11.4. The molecule has 2 atom stereocenters. The zero-order chi connectivity index (χ0) is 11.1. The Balaban J connectivity index is 0. The van der Waals surface area contributed by atoms with Crippen molar-refractivity contribution in [2.45, 2.75) is 45.3 Å². The molecular weight excluding hydrogens is 216 g/mol. The molecule has 2 unspecified atom stereocenters. The molecule has 0 fully saturated rings. The van der Waals surface area contributed by atoms with E-state index in [2.05, 4.69) is 0 Å². The van der Waals surface area contributed by atoms with Crippen LogP contribution in [-0.2, 0) is 4.79 Å². The standard InChI is InChI=1S/C10H22N2O2.ClH/c1-8(11)4-5-10(14)12(3)7-6-9(2)13;/h8-9,13H,4-7,11H2,1-3H3;1H. The lowest BCUT2D eigenvalue weighted by atomic mass is 10.2. The molecule has 0 aromatic heterocycles. The first-order valence-electron chi connectivity index (χ1n) is 5.11. The van der Waals surface area contributed by atoms with Gasteiger partial charge in [0.1, 0.15) is 0 Å². The third-order valence-corrected chi connectivity index (χ3v) is 2.12. The summed E-state index contributed by atoms with van der Waals surface area (Å²) in [6.45, 7) is 4.22. The van der Waals surface area contributed by atoms with Gasteiger partial charge in [-0.1, -0.05) is 0 Å². The summed E-state index contributed by atoms with van der Waals surface area (Å²) in [5.41, 5.74) is 5.55. The lowest BCUT2D eigenvalue weighted by Crippen LogP contribution is -2.30. The van der Waals surface area contributed by atoms with Crippen LogP contribution in [-0.4, -0.2) is 41.7 Å². The third kappa shape index (κ3) is 9.97. The largest absolute Gasteiger partial charge is 0.393 e. The Morgan fingerprint density at radius 3 is 2.33 bits per heavy atom. The molecule has 0 heterocycles. The predicted molar refractivity (Wildman–Crippen MR) is 64.1 cm³/mol. The van der Waals surface area contributed by atoms with E-state index in [0.717, 1.165) is 6.42 Å². The molecule has 0 aliphatic heterocycles. The van der Waals surface area contributed by atoms with Crippen LogP contribution in [0.2, 0.25) is 0 Å². The second-order valence-electron chi connectivity index (χ2n) is 3.97. The van der Waals surface area contributed by atoms with E-state index in [0.29, 0.717) is 19.4 Å². The predicted octanol–water partition coefficient (Wildman–Crippen LogP) is 0.765. The van der Waals surface area contributed by atoms with Crippen LogP contribution in [0.5, 0.6) is 0 Å². The van der Waals surface area contributed by atoms with Gasteiger partial charge in [-0.2, -0.15) is 0 Å². The summed E-state index contributed by atoms with van der Waals surface area (Å²) >= 11 is 0. The molecule has 0 rings (SSSR count). The summed E-state index contributed by atoms with van der Waals surface area (Å²) < 4.78 is 0.